The summed E-state index contributed by atoms with van der Waals surface area (Å²) < 4.78 is 11.3. The van der Waals surface area contributed by atoms with Crippen molar-refractivity contribution in [3.63, 3.8) is 0 Å². The summed E-state index contributed by atoms with van der Waals surface area (Å²) in [5.41, 5.74) is 0.566. The van der Waals surface area contributed by atoms with Crippen LogP contribution < -0.4 is 10.1 Å². The first-order valence-electron chi connectivity index (χ1n) is 8.33. The van der Waals surface area contributed by atoms with E-state index in [1.807, 2.05) is 31.3 Å². The molecule has 1 spiro atoms. The zero-order chi connectivity index (χ0) is 17.2. The summed E-state index contributed by atoms with van der Waals surface area (Å²) in [6.45, 7) is 0.702. The molecule has 6 nitrogen and oxygen atoms in total. The van der Waals surface area contributed by atoms with Crippen molar-refractivity contribution >= 4 is 11.8 Å². The van der Waals surface area contributed by atoms with E-state index in [2.05, 4.69) is 5.32 Å². The minimum absolute atomic E-state index is 0.0355. The molecule has 1 fully saturated rings. The number of carbonyl (C=O) groups excluding carboxylic acids is 2. The van der Waals surface area contributed by atoms with E-state index in [-0.39, 0.29) is 24.5 Å². The highest BCUT2D eigenvalue weighted by Gasteiger charge is 2.43. The zero-order valence-electron chi connectivity index (χ0n) is 14.2. The molecule has 1 saturated heterocycles. The van der Waals surface area contributed by atoms with Crippen LogP contribution in [0.1, 0.15) is 37.3 Å². The highest BCUT2D eigenvalue weighted by Crippen LogP contribution is 2.44. The molecular formula is C18H24N2O4. The third kappa shape index (κ3) is 3.38. The molecule has 2 heterocycles. The summed E-state index contributed by atoms with van der Waals surface area (Å²) in [6.07, 6.45) is 2.57. The van der Waals surface area contributed by atoms with Crippen LogP contribution in [0.2, 0.25) is 0 Å². The Labute approximate surface area is 142 Å². The number of carbonyl (C=O) groups is 2. The van der Waals surface area contributed by atoms with Gasteiger partial charge in [0.2, 0.25) is 11.8 Å². The number of ether oxygens (including phenoxy) is 2. The van der Waals surface area contributed by atoms with E-state index < -0.39 is 5.60 Å². The normalized spacial score (nSPS) is 26.5. The quantitative estimate of drug-likeness (QED) is 0.914. The summed E-state index contributed by atoms with van der Waals surface area (Å²) in [5.74, 6) is 0.800. The van der Waals surface area contributed by atoms with Gasteiger partial charge in [-0.25, -0.2) is 0 Å². The molecule has 1 aromatic rings. The molecule has 3 rings (SSSR count). The van der Waals surface area contributed by atoms with Crippen LogP contribution in [0, 0.1) is 0 Å². The van der Waals surface area contributed by atoms with Gasteiger partial charge in [0.1, 0.15) is 18.0 Å². The van der Waals surface area contributed by atoms with Gasteiger partial charge in [-0.1, -0.05) is 18.2 Å². The van der Waals surface area contributed by atoms with E-state index in [0.29, 0.717) is 25.8 Å². The number of amides is 2. The Morgan fingerprint density at radius 2 is 2.21 bits per heavy atom. The molecule has 1 aromatic carbocycles. The van der Waals surface area contributed by atoms with Crippen molar-refractivity contribution in [2.45, 2.75) is 37.3 Å². The Morgan fingerprint density at radius 1 is 1.42 bits per heavy atom. The predicted molar refractivity (Wildman–Crippen MR) is 88.7 cm³/mol. The first-order chi connectivity index (χ1) is 11.5. The average Bonchev–Trinajstić information content (AvgIpc) is 2.69. The average molecular weight is 332 g/mol. The molecule has 0 unspecified atom stereocenters. The van der Waals surface area contributed by atoms with Crippen LogP contribution in [-0.2, 0) is 14.3 Å². The minimum Gasteiger partial charge on any atom is -0.487 e. The number of likely N-dealkylation sites (tertiary alicyclic amines) is 1. The monoisotopic (exact) mass is 332 g/mol. The van der Waals surface area contributed by atoms with Crippen LogP contribution in [0.15, 0.2) is 24.3 Å². The second kappa shape index (κ2) is 6.81. The van der Waals surface area contributed by atoms with E-state index in [0.717, 1.165) is 17.7 Å². The Bertz CT molecular complexity index is 633. The number of hydrogen-bond acceptors (Lipinski definition) is 4. The third-order valence-corrected chi connectivity index (χ3v) is 4.93. The van der Waals surface area contributed by atoms with Crippen LogP contribution >= 0.6 is 0 Å². The van der Waals surface area contributed by atoms with E-state index >= 15 is 0 Å². The highest BCUT2D eigenvalue weighted by atomic mass is 16.5. The molecule has 2 amide bonds. The number of methoxy groups -OCH3 is 1. The summed E-state index contributed by atoms with van der Waals surface area (Å²) in [7, 11) is 3.34. The minimum atomic E-state index is -0.417. The first-order valence-corrected chi connectivity index (χ1v) is 8.33. The van der Waals surface area contributed by atoms with Crippen LogP contribution in [0.4, 0.5) is 0 Å². The number of para-hydroxylation sites is 1. The highest BCUT2D eigenvalue weighted by molar-refractivity contribution is 5.78. The fourth-order valence-electron chi connectivity index (χ4n) is 3.57. The molecule has 24 heavy (non-hydrogen) atoms. The summed E-state index contributed by atoms with van der Waals surface area (Å²) in [4.78, 5) is 25.8. The molecule has 0 aromatic heterocycles. The van der Waals surface area contributed by atoms with Crippen molar-refractivity contribution in [1.29, 1.82) is 0 Å². The predicted octanol–water partition coefficient (Wildman–Crippen LogP) is 1.65. The van der Waals surface area contributed by atoms with E-state index in [1.54, 1.807) is 4.90 Å². The standard InChI is InChI=1S/C18H24N2O4/c1-20-10-9-18(8-7-17(20)22)11-14(19-16(21)12-23-2)13-5-3-4-6-15(13)24-18/h3-6,14H,7-12H2,1-2H3,(H,19,21)/t14-,18-/m1/s1. The Hall–Kier alpha value is -2.08. The molecule has 0 radical (unpaired) electrons. The molecule has 0 bridgehead atoms. The van der Waals surface area contributed by atoms with Crippen LogP contribution in [0.25, 0.3) is 0 Å². The van der Waals surface area contributed by atoms with Crippen molar-refractivity contribution in [2.75, 3.05) is 27.3 Å². The van der Waals surface area contributed by atoms with E-state index in [9.17, 15) is 9.59 Å². The lowest BCUT2D eigenvalue weighted by Gasteiger charge is -2.42. The maximum absolute atomic E-state index is 12.0. The maximum atomic E-state index is 12.0. The maximum Gasteiger partial charge on any atom is 0.246 e. The van der Waals surface area contributed by atoms with Crippen molar-refractivity contribution in [2.24, 2.45) is 0 Å². The number of nitrogens with zero attached hydrogens (tertiary/aromatic N) is 1. The van der Waals surface area contributed by atoms with Gasteiger partial charge in [0.05, 0.1) is 6.04 Å². The van der Waals surface area contributed by atoms with E-state index in [1.165, 1.54) is 7.11 Å². The summed E-state index contributed by atoms with van der Waals surface area (Å²) in [6, 6.07) is 7.66. The Kier molecular flexibility index (Phi) is 4.76. The number of fused-ring (bicyclic) bond motifs is 1. The second-order valence-corrected chi connectivity index (χ2v) is 6.65. The van der Waals surface area contributed by atoms with Gasteiger partial charge in [-0.15, -0.1) is 0 Å². The summed E-state index contributed by atoms with van der Waals surface area (Å²) in [5, 5.41) is 3.05. The lowest BCUT2D eigenvalue weighted by molar-refractivity contribution is -0.129. The fraction of sp³-hybridized carbons (Fsp3) is 0.556. The lowest BCUT2D eigenvalue weighted by Crippen LogP contribution is -2.46. The second-order valence-electron chi connectivity index (χ2n) is 6.65. The first kappa shape index (κ1) is 16.8. The van der Waals surface area contributed by atoms with Gasteiger partial charge in [-0.05, 0) is 12.5 Å². The third-order valence-electron chi connectivity index (χ3n) is 4.93. The Balaban J connectivity index is 1.86. The SMILES string of the molecule is COCC(=O)N[C@@H]1C[C@]2(CCC(=O)N(C)CC2)Oc2ccccc21. The largest absolute Gasteiger partial charge is 0.487 e. The number of nitrogens with one attached hydrogen (secondary N) is 1. The molecule has 1 N–H and O–H groups in total. The van der Waals surface area contributed by atoms with E-state index in [4.69, 9.17) is 9.47 Å². The van der Waals surface area contributed by atoms with Gasteiger partial charge in [0.15, 0.2) is 0 Å². The van der Waals surface area contributed by atoms with Gasteiger partial charge in [-0.2, -0.15) is 0 Å². The molecule has 0 saturated carbocycles. The van der Waals surface area contributed by atoms with Gasteiger partial charge in [0, 0.05) is 45.5 Å². The van der Waals surface area contributed by atoms with Gasteiger partial charge >= 0.3 is 0 Å². The molecule has 130 valence electrons. The van der Waals surface area contributed by atoms with Crippen LogP contribution in [-0.4, -0.2) is 49.6 Å². The molecule has 6 heteroatoms. The van der Waals surface area contributed by atoms with Gasteiger partial charge in [-0.3, -0.25) is 9.59 Å². The fourth-order valence-corrected chi connectivity index (χ4v) is 3.57. The topological polar surface area (TPSA) is 67.9 Å². The van der Waals surface area contributed by atoms with Crippen LogP contribution in [0.5, 0.6) is 5.75 Å². The molecule has 2 aliphatic heterocycles. The van der Waals surface area contributed by atoms with Crippen LogP contribution in [0.3, 0.4) is 0 Å². The molecule has 2 aliphatic rings. The van der Waals surface area contributed by atoms with Crippen molar-refractivity contribution in [3.05, 3.63) is 29.8 Å². The molecule has 2 atom stereocenters. The molecule has 0 aliphatic carbocycles. The summed E-state index contributed by atoms with van der Waals surface area (Å²) >= 11 is 0. The number of rotatable bonds is 3. The smallest absolute Gasteiger partial charge is 0.246 e. The van der Waals surface area contributed by atoms with Crippen molar-refractivity contribution < 1.29 is 19.1 Å². The van der Waals surface area contributed by atoms with Crippen molar-refractivity contribution in [1.82, 2.24) is 10.2 Å². The zero-order valence-corrected chi connectivity index (χ0v) is 14.2. The lowest BCUT2D eigenvalue weighted by atomic mass is 9.82. The van der Waals surface area contributed by atoms with Crippen molar-refractivity contribution in [3.8, 4) is 5.75 Å². The van der Waals surface area contributed by atoms with Gasteiger partial charge in [0.25, 0.3) is 0 Å². The van der Waals surface area contributed by atoms with Gasteiger partial charge < -0.3 is 19.7 Å². The molecular weight excluding hydrogens is 308 g/mol. The number of benzene rings is 1. The Morgan fingerprint density at radius 3 is 3.00 bits per heavy atom. The number of hydrogen-bond donors (Lipinski definition) is 1.